The Balaban J connectivity index is 1.54. The third-order valence-corrected chi connectivity index (χ3v) is 4.69. The van der Waals surface area contributed by atoms with Gasteiger partial charge in [0.05, 0.1) is 6.61 Å². The van der Waals surface area contributed by atoms with E-state index in [4.69, 9.17) is 9.47 Å². The molecule has 1 atom stereocenters. The lowest BCUT2D eigenvalue weighted by Gasteiger charge is -2.31. The van der Waals surface area contributed by atoms with Crippen LogP contribution in [0.15, 0.2) is 48.5 Å². The van der Waals surface area contributed by atoms with Crippen molar-refractivity contribution in [1.82, 2.24) is 4.90 Å². The first-order chi connectivity index (χ1) is 12.7. The van der Waals surface area contributed by atoms with Crippen molar-refractivity contribution >= 4 is 5.91 Å². The molecule has 1 aliphatic rings. The molecule has 0 saturated carbocycles. The normalized spacial score (nSPS) is 17.0. The minimum atomic E-state index is 0.135. The van der Waals surface area contributed by atoms with Crippen molar-refractivity contribution in [3.05, 3.63) is 59.7 Å². The Bertz CT molecular complexity index is 709. The predicted octanol–water partition coefficient (Wildman–Crippen LogP) is 4.54. The van der Waals surface area contributed by atoms with Gasteiger partial charge in [-0.3, -0.25) is 4.79 Å². The van der Waals surface area contributed by atoms with E-state index in [-0.39, 0.29) is 5.91 Å². The second kappa shape index (κ2) is 8.75. The van der Waals surface area contributed by atoms with Crippen LogP contribution in [0, 0.1) is 5.92 Å². The lowest BCUT2D eigenvalue weighted by Crippen LogP contribution is -2.39. The molecule has 3 rings (SSSR count). The summed E-state index contributed by atoms with van der Waals surface area (Å²) in [7, 11) is 0. The number of nitrogens with zero attached hydrogens (tertiary/aromatic N) is 1. The molecule has 2 aromatic carbocycles. The van der Waals surface area contributed by atoms with Crippen LogP contribution in [0.4, 0.5) is 0 Å². The first-order valence-electron chi connectivity index (χ1n) is 9.39. The molecule has 1 amide bonds. The molecule has 1 aliphatic heterocycles. The minimum Gasteiger partial charge on any atom is -0.494 e. The van der Waals surface area contributed by atoms with E-state index in [0.717, 1.165) is 42.1 Å². The first-order valence-corrected chi connectivity index (χ1v) is 9.39. The Morgan fingerprint density at radius 1 is 1.04 bits per heavy atom. The first kappa shape index (κ1) is 18.3. The number of piperidine rings is 1. The van der Waals surface area contributed by atoms with Gasteiger partial charge in [-0.1, -0.05) is 19.1 Å². The number of ether oxygens (including phenoxy) is 2. The number of rotatable bonds is 6. The third-order valence-electron chi connectivity index (χ3n) is 4.69. The van der Waals surface area contributed by atoms with E-state index in [1.165, 1.54) is 6.42 Å². The maximum absolute atomic E-state index is 12.6. The molecule has 0 bridgehead atoms. The van der Waals surface area contributed by atoms with E-state index >= 15 is 0 Å². The molecule has 0 aromatic heterocycles. The molecule has 0 unspecified atom stereocenters. The van der Waals surface area contributed by atoms with Gasteiger partial charge in [0, 0.05) is 18.7 Å². The van der Waals surface area contributed by atoms with E-state index in [0.29, 0.717) is 19.1 Å². The predicted molar refractivity (Wildman–Crippen MR) is 103 cm³/mol. The second-order valence-electron chi connectivity index (χ2n) is 6.89. The van der Waals surface area contributed by atoms with Gasteiger partial charge in [0.2, 0.25) is 0 Å². The standard InChI is InChI=1S/C22H27NO3/c1-3-25-20-10-12-21(13-11-20)26-16-18-6-8-19(9-7-18)22(24)23-14-4-5-17(2)15-23/h6-13,17H,3-5,14-16H2,1-2H3/t17-/m1/s1. The molecule has 26 heavy (non-hydrogen) atoms. The van der Waals surface area contributed by atoms with Crippen LogP contribution in [-0.4, -0.2) is 30.5 Å². The molecule has 0 spiro atoms. The number of hydrogen-bond donors (Lipinski definition) is 0. The fourth-order valence-corrected chi connectivity index (χ4v) is 3.27. The van der Waals surface area contributed by atoms with Crippen molar-refractivity contribution in [3.63, 3.8) is 0 Å². The average molecular weight is 353 g/mol. The van der Waals surface area contributed by atoms with E-state index < -0.39 is 0 Å². The van der Waals surface area contributed by atoms with Crippen LogP contribution in [0.2, 0.25) is 0 Å². The molecule has 2 aromatic rings. The summed E-state index contributed by atoms with van der Waals surface area (Å²) in [4.78, 5) is 14.6. The summed E-state index contributed by atoms with van der Waals surface area (Å²) in [6.07, 6.45) is 2.31. The summed E-state index contributed by atoms with van der Waals surface area (Å²) in [6.45, 7) is 7.03. The van der Waals surface area contributed by atoms with Crippen molar-refractivity contribution in [2.45, 2.75) is 33.3 Å². The van der Waals surface area contributed by atoms with Crippen molar-refractivity contribution in [1.29, 1.82) is 0 Å². The number of amides is 1. The van der Waals surface area contributed by atoms with Gasteiger partial charge in [-0.25, -0.2) is 0 Å². The Morgan fingerprint density at radius 2 is 1.69 bits per heavy atom. The minimum absolute atomic E-state index is 0.135. The van der Waals surface area contributed by atoms with Crippen LogP contribution in [0.3, 0.4) is 0 Å². The summed E-state index contributed by atoms with van der Waals surface area (Å²) < 4.78 is 11.2. The maximum Gasteiger partial charge on any atom is 0.253 e. The van der Waals surface area contributed by atoms with Crippen molar-refractivity contribution in [2.24, 2.45) is 5.92 Å². The molecular weight excluding hydrogens is 326 g/mol. The van der Waals surface area contributed by atoms with Crippen molar-refractivity contribution in [2.75, 3.05) is 19.7 Å². The molecule has 138 valence electrons. The van der Waals surface area contributed by atoms with Crippen LogP contribution in [-0.2, 0) is 6.61 Å². The average Bonchev–Trinajstić information content (AvgIpc) is 2.67. The van der Waals surface area contributed by atoms with Crippen LogP contribution >= 0.6 is 0 Å². The van der Waals surface area contributed by atoms with Crippen molar-refractivity contribution < 1.29 is 14.3 Å². The lowest BCUT2D eigenvalue weighted by molar-refractivity contribution is 0.0683. The van der Waals surface area contributed by atoms with Gasteiger partial charge in [-0.15, -0.1) is 0 Å². The molecular formula is C22H27NO3. The molecule has 1 saturated heterocycles. The fraction of sp³-hybridized carbons (Fsp3) is 0.409. The topological polar surface area (TPSA) is 38.8 Å². The van der Waals surface area contributed by atoms with Gasteiger partial charge >= 0.3 is 0 Å². The number of carbonyl (C=O) groups excluding carboxylic acids is 1. The molecule has 1 heterocycles. The summed E-state index contributed by atoms with van der Waals surface area (Å²) in [5.74, 6) is 2.37. The second-order valence-corrected chi connectivity index (χ2v) is 6.89. The molecule has 1 fully saturated rings. The van der Waals surface area contributed by atoms with Gasteiger partial charge in [0.25, 0.3) is 5.91 Å². The van der Waals surface area contributed by atoms with Gasteiger partial charge in [-0.2, -0.15) is 0 Å². The van der Waals surface area contributed by atoms with Gasteiger partial charge in [0.15, 0.2) is 0 Å². The number of benzene rings is 2. The number of hydrogen-bond acceptors (Lipinski definition) is 3. The van der Waals surface area contributed by atoms with Crippen molar-refractivity contribution in [3.8, 4) is 11.5 Å². The zero-order chi connectivity index (χ0) is 18.4. The smallest absolute Gasteiger partial charge is 0.253 e. The quantitative estimate of drug-likeness (QED) is 0.765. The Labute approximate surface area is 155 Å². The lowest BCUT2D eigenvalue weighted by atomic mass is 9.99. The van der Waals surface area contributed by atoms with Crippen LogP contribution < -0.4 is 9.47 Å². The van der Waals surface area contributed by atoms with Gasteiger partial charge < -0.3 is 14.4 Å². The van der Waals surface area contributed by atoms with Crippen LogP contribution in [0.5, 0.6) is 11.5 Å². The highest BCUT2D eigenvalue weighted by molar-refractivity contribution is 5.94. The summed E-state index contributed by atoms with van der Waals surface area (Å²) in [6, 6.07) is 15.3. The highest BCUT2D eigenvalue weighted by atomic mass is 16.5. The Morgan fingerprint density at radius 3 is 2.31 bits per heavy atom. The van der Waals surface area contributed by atoms with E-state index in [9.17, 15) is 4.79 Å². The summed E-state index contributed by atoms with van der Waals surface area (Å²) in [5, 5.41) is 0. The zero-order valence-electron chi connectivity index (χ0n) is 15.6. The highest BCUT2D eigenvalue weighted by Crippen LogP contribution is 2.20. The van der Waals surface area contributed by atoms with E-state index in [1.54, 1.807) is 0 Å². The van der Waals surface area contributed by atoms with E-state index in [2.05, 4.69) is 6.92 Å². The number of likely N-dealkylation sites (tertiary alicyclic amines) is 1. The van der Waals surface area contributed by atoms with Gasteiger partial charge in [-0.05, 0) is 67.6 Å². The zero-order valence-corrected chi connectivity index (χ0v) is 15.6. The highest BCUT2D eigenvalue weighted by Gasteiger charge is 2.21. The third kappa shape index (κ3) is 4.78. The van der Waals surface area contributed by atoms with E-state index in [1.807, 2.05) is 60.4 Å². The summed E-state index contributed by atoms with van der Waals surface area (Å²) >= 11 is 0. The Hall–Kier alpha value is -2.49. The molecule has 0 radical (unpaired) electrons. The molecule has 4 heteroatoms. The summed E-state index contributed by atoms with van der Waals surface area (Å²) in [5.41, 5.74) is 1.80. The fourth-order valence-electron chi connectivity index (χ4n) is 3.27. The van der Waals surface area contributed by atoms with Crippen LogP contribution in [0.25, 0.3) is 0 Å². The largest absolute Gasteiger partial charge is 0.494 e. The van der Waals surface area contributed by atoms with Crippen LogP contribution in [0.1, 0.15) is 42.6 Å². The maximum atomic E-state index is 12.6. The molecule has 0 aliphatic carbocycles. The SMILES string of the molecule is CCOc1ccc(OCc2ccc(C(=O)N3CCC[C@@H](C)C3)cc2)cc1. The Kier molecular flexibility index (Phi) is 6.16. The monoisotopic (exact) mass is 353 g/mol. The molecule has 0 N–H and O–H groups in total. The van der Waals surface area contributed by atoms with Gasteiger partial charge in [0.1, 0.15) is 18.1 Å². The number of carbonyl (C=O) groups is 1. The molecule has 4 nitrogen and oxygen atoms in total.